The lowest BCUT2D eigenvalue weighted by Gasteiger charge is -2.07. The number of carbonyl (C=O) groups is 1. The Morgan fingerprint density at radius 1 is 1.22 bits per heavy atom. The summed E-state index contributed by atoms with van der Waals surface area (Å²) in [6.07, 6.45) is 1.77. The van der Waals surface area contributed by atoms with Gasteiger partial charge in [0, 0.05) is 13.2 Å². The fourth-order valence-electron chi connectivity index (χ4n) is 1.35. The molecule has 4 nitrogen and oxygen atoms in total. The lowest BCUT2D eigenvalue weighted by molar-refractivity contribution is 0.117. The Labute approximate surface area is 108 Å². The molecule has 0 aliphatic rings. The maximum absolute atomic E-state index is 11.3. The molecule has 1 rings (SSSR count). The monoisotopic (exact) mass is 251 g/mol. The van der Waals surface area contributed by atoms with E-state index >= 15 is 0 Å². The number of hydrogen-bond acceptors (Lipinski definition) is 3. The standard InChI is InChI=1S/C14H21NO3/c1-2-3-10-17-11-9-15-14(16)18-12-13-7-5-4-6-8-13/h4-8H,2-3,9-12H2,1H3,(H,15,16). The quantitative estimate of drug-likeness (QED) is 0.723. The number of nitrogens with one attached hydrogen (secondary N) is 1. The fraction of sp³-hybridized carbons (Fsp3) is 0.500. The lowest BCUT2D eigenvalue weighted by atomic mass is 10.2. The Hall–Kier alpha value is -1.55. The van der Waals surface area contributed by atoms with E-state index < -0.39 is 6.09 Å². The highest BCUT2D eigenvalue weighted by molar-refractivity contribution is 5.67. The minimum Gasteiger partial charge on any atom is -0.445 e. The predicted molar refractivity (Wildman–Crippen MR) is 70.4 cm³/mol. The number of unbranched alkanes of at least 4 members (excludes halogenated alkanes) is 1. The normalized spacial score (nSPS) is 10.1. The average Bonchev–Trinajstić information content (AvgIpc) is 2.41. The Balaban J connectivity index is 2.01. The molecule has 0 aromatic heterocycles. The van der Waals surface area contributed by atoms with Crippen molar-refractivity contribution < 1.29 is 14.3 Å². The van der Waals surface area contributed by atoms with Crippen LogP contribution in [0.2, 0.25) is 0 Å². The first kappa shape index (κ1) is 14.5. The smallest absolute Gasteiger partial charge is 0.407 e. The van der Waals surface area contributed by atoms with Gasteiger partial charge in [-0.05, 0) is 12.0 Å². The second kappa shape index (κ2) is 9.48. The first-order chi connectivity index (χ1) is 8.83. The molecular weight excluding hydrogens is 230 g/mol. The molecule has 1 aromatic rings. The molecule has 0 aliphatic carbocycles. The van der Waals surface area contributed by atoms with Gasteiger partial charge in [-0.3, -0.25) is 0 Å². The van der Waals surface area contributed by atoms with Crippen molar-refractivity contribution in [2.75, 3.05) is 19.8 Å². The van der Waals surface area contributed by atoms with Crippen LogP contribution in [0.25, 0.3) is 0 Å². The van der Waals surface area contributed by atoms with Crippen LogP contribution < -0.4 is 5.32 Å². The van der Waals surface area contributed by atoms with Crippen LogP contribution in [-0.2, 0) is 16.1 Å². The highest BCUT2D eigenvalue weighted by Crippen LogP contribution is 2.00. The fourth-order valence-corrected chi connectivity index (χ4v) is 1.35. The summed E-state index contributed by atoms with van der Waals surface area (Å²) in [4.78, 5) is 11.3. The van der Waals surface area contributed by atoms with E-state index in [2.05, 4.69) is 12.2 Å². The molecule has 1 aromatic carbocycles. The van der Waals surface area contributed by atoms with Gasteiger partial charge in [0.15, 0.2) is 0 Å². The van der Waals surface area contributed by atoms with Gasteiger partial charge in [-0.25, -0.2) is 4.79 Å². The van der Waals surface area contributed by atoms with E-state index in [4.69, 9.17) is 9.47 Å². The number of rotatable bonds is 8. The van der Waals surface area contributed by atoms with Crippen molar-refractivity contribution in [2.24, 2.45) is 0 Å². The van der Waals surface area contributed by atoms with Crippen LogP contribution in [0.4, 0.5) is 4.79 Å². The molecule has 0 unspecified atom stereocenters. The average molecular weight is 251 g/mol. The molecule has 0 saturated carbocycles. The third-order valence-electron chi connectivity index (χ3n) is 2.37. The number of carbonyl (C=O) groups excluding carboxylic acids is 1. The maximum atomic E-state index is 11.3. The number of amides is 1. The summed E-state index contributed by atoms with van der Waals surface area (Å²) in [6.45, 7) is 4.17. The summed E-state index contributed by atoms with van der Waals surface area (Å²) in [5.74, 6) is 0. The van der Waals surface area contributed by atoms with Crippen molar-refractivity contribution in [3.8, 4) is 0 Å². The molecule has 0 bridgehead atoms. The number of hydrogen-bond donors (Lipinski definition) is 1. The SMILES string of the molecule is CCCCOCCNC(=O)OCc1ccccc1. The Kier molecular flexibility index (Phi) is 7.64. The zero-order valence-electron chi connectivity index (χ0n) is 10.9. The van der Waals surface area contributed by atoms with Crippen molar-refractivity contribution in [1.82, 2.24) is 5.32 Å². The highest BCUT2D eigenvalue weighted by Gasteiger charge is 2.01. The minimum atomic E-state index is -0.405. The van der Waals surface area contributed by atoms with Crippen molar-refractivity contribution in [2.45, 2.75) is 26.4 Å². The van der Waals surface area contributed by atoms with Crippen molar-refractivity contribution >= 4 is 6.09 Å². The molecular formula is C14H21NO3. The van der Waals surface area contributed by atoms with E-state index in [-0.39, 0.29) is 0 Å². The maximum Gasteiger partial charge on any atom is 0.407 e. The van der Waals surface area contributed by atoms with Gasteiger partial charge in [-0.15, -0.1) is 0 Å². The van der Waals surface area contributed by atoms with Crippen LogP contribution in [0.1, 0.15) is 25.3 Å². The zero-order chi connectivity index (χ0) is 13.1. The molecule has 0 saturated heterocycles. The molecule has 0 aliphatic heterocycles. The Morgan fingerprint density at radius 3 is 2.72 bits per heavy atom. The minimum absolute atomic E-state index is 0.295. The predicted octanol–water partition coefficient (Wildman–Crippen LogP) is 2.73. The van der Waals surface area contributed by atoms with Gasteiger partial charge in [0.25, 0.3) is 0 Å². The molecule has 0 radical (unpaired) electrons. The molecule has 0 heterocycles. The second-order valence-corrected chi connectivity index (χ2v) is 3.95. The number of ether oxygens (including phenoxy) is 2. The highest BCUT2D eigenvalue weighted by atomic mass is 16.5. The van der Waals surface area contributed by atoms with Crippen molar-refractivity contribution in [3.05, 3.63) is 35.9 Å². The van der Waals surface area contributed by atoms with Gasteiger partial charge < -0.3 is 14.8 Å². The van der Waals surface area contributed by atoms with Gasteiger partial charge in [-0.2, -0.15) is 0 Å². The first-order valence-corrected chi connectivity index (χ1v) is 6.35. The largest absolute Gasteiger partial charge is 0.445 e. The topological polar surface area (TPSA) is 47.6 Å². The zero-order valence-corrected chi connectivity index (χ0v) is 10.9. The van der Waals surface area contributed by atoms with E-state index in [0.717, 1.165) is 25.0 Å². The third kappa shape index (κ3) is 6.91. The summed E-state index contributed by atoms with van der Waals surface area (Å²) in [5.41, 5.74) is 0.979. The van der Waals surface area contributed by atoms with Crippen molar-refractivity contribution in [3.63, 3.8) is 0 Å². The molecule has 0 spiro atoms. The molecule has 100 valence electrons. The van der Waals surface area contributed by atoms with Crippen LogP contribution in [0.15, 0.2) is 30.3 Å². The summed E-state index contributed by atoms with van der Waals surface area (Å²) in [5, 5.41) is 2.64. The molecule has 18 heavy (non-hydrogen) atoms. The van der Waals surface area contributed by atoms with Crippen molar-refractivity contribution in [1.29, 1.82) is 0 Å². The van der Waals surface area contributed by atoms with Crippen LogP contribution in [0.3, 0.4) is 0 Å². The first-order valence-electron chi connectivity index (χ1n) is 6.35. The number of benzene rings is 1. The molecule has 1 N–H and O–H groups in total. The van der Waals surface area contributed by atoms with E-state index in [1.54, 1.807) is 0 Å². The third-order valence-corrected chi connectivity index (χ3v) is 2.37. The summed E-state index contributed by atoms with van der Waals surface area (Å²) < 4.78 is 10.4. The van der Waals surface area contributed by atoms with E-state index in [9.17, 15) is 4.79 Å². The Bertz CT molecular complexity index is 327. The van der Waals surface area contributed by atoms with Crippen LogP contribution >= 0.6 is 0 Å². The molecule has 0 atom stereocenters. The Morgan fingerprint density at radius 2 is 2.00 bits per heavy atom. The van der Waals surface area contributed by atoms with Crippen LogP contribution in [0, 0.1) is 0 Å². The van der Waals surface area contributed by atoms with Gasteiger partial charge in [0.05, 0.1) is 6.61 Å². The van der Waals surface area contributed by atoms with E-state index in [0.29, 0.717) is 19.8 Å². The second-order valence-electron chi connectivity index (χ2n) is 3.95. The van der Waals surface area contributed by atoms with Gasteiger partial charge >= 0.3 is 6.09 Å². The van der Waals surface area contributed by atoms with Gasteiger partial charge in [0.1, 0.15) is 6.61 Å². The number of alkyl carbamates (subject to hydrolysis) is 1. The summed E-state index contributed by atoms with van der Waals surface area (Å²) in [6, 6.07) is 9.59. The molecule has 1 amide bonds. The van der Waals surface area contributed by atoms with Crippen LogP contribution in [0.5, 0.6) is 0 Å². The van der Waals surface area contributed by atoms with Crippen LogP contribution in [-0.4, -0.2) is 25.9 Å². The van der Waals surface area contributed by atoms with Gasteiger partial charge in [0.2, 0.25) is 0 Å². The van der Waals surface area contributed by atoms with E-state index in [1.165, 1.54) is 0 Å². The van der Waals surface area contributed by atoms with E-state index in [1.807, 2.05) is 30.3 Å². The molecule has 0 fully saturated rings. The van der Waals surface area contributed by atoms with Gasteiger partial charge in [-0.1, -0.05) is 43.7 Å². The molecule has 4 heteroatoms. The lowest BCUT2D eigenvalue weighted by Crippen LogP contribution is -2.27. The summed E-state index contributed by atoms with van der Waals surface area (Å²) in [7, 11) is 0. The summed E-state index contributed by atoms with van der Waals surface area (Å²) >= 11 is 0.